The Hall–Kier alpha value is -1.80. The Labute approximate surface area is 169 Å². The number of hydrogen-bond acceptors (Lipinski definition) is 5. The smallest absolute Gasteiger partial charge is 0.422 e. The summed E-state index contributed by atoms with van der Waals surface area (Å²) in [5.41, 5.74) is 0.905. The predicted octanol–water partition coefficient (Wildman–Crippen LogP) is 4.42. The van der Waals surface area contributed by atoms with E-state index in [0.29, 0.717) is 0 Å². The van der Waals surface area contributed by atoms with Crippen molar-refractivity contribution in [1.29, 1.82) is 0 Å². The van der Waals surface area contributed by atoms with E-state index in [2.05, 4.69) is 0 Å². The molecule has 3 rings (SSSR count). The Morgan fingerprint density at radius 3 is 2.10 bits per heavy atom. The van der Waals surface area contributed by atoms with E-state index in [4.69, 9.17) is 18.9 Å². The number of alkyl halides is 3. The largest absolute Gasteiger partial charge is 0.484 e. The van der Waals surface area contributed by atoms with E-state index in [1.807, 2.05) is 0 Å². The molecule has 1 aliphatic heterocycles. The van der Waals surface area contributed by atoms with Gasteiger partial charge >= 0.3 is 12.1 Å². The van der Waals surface area contributed by atoms with Gasteiger partial charge < -0.3 is 18.9 Å². The quantitative estimate of drug-likeness (QED) is 0.663. The fraction of sp³-hybridized carbons (Fsp3) is 0.667. The van der Waals surface area contributed by atoms with Gasteiger partial charge in [-0.05, 0) is 56.7 Å². The molecule has 1 aliphatic carbocycles. The van der Waals surface area contributed by atoms with Gasteiger partial charge in [-0.3, -0.25) is 4.79 Å². The van der Waals surface area contributed by atoms with Crippen molar-refractivity contribution in [3.63, 3.8) is 0 Å². The number of esters is 1. The summed E-state index contributed by atoms with van der Waals surface area (Å²) < 4.78 is 57.0. The number of carbonyl (C=O) groups is 1. The van der Waals surface area contributed by atoms with Gasteiger partial charge in [0.1, 0.15) is 11.4 Å². The summed E-state index contributed by atoms with van der Waals surface area (Å²) in [6.07, 6.45) is -2.41. The van der Waals surface area contributed by atoms with Gasteiger partial charge in [0.05, 0.1) is 32.8 Å². The van der Waals surface area contributed by atoms with E-state index in [9.17, 15) is 18.0 Å². The topological polar surface area (TPSA) is 54.0 Å². The van der Waals surface area contributed by atoms with E-state index in [1.165, 1.54) is 6.07 Å². The van der Waals surface area contributed by atoms with Crippen LogP contribution in [0.4, 0.5) is 13.2 Å². The maximum Gasteiger partial charge on any atom is 0.422 e. The normalized spacial score (nSPS) is 17.2. The van der Waals surface area contributed by atoms with E-state index >= 15 is 0 Å². The van der Waals surface area contributed by atoms with E-state index < -0.39 is 18.4 Å². The lowest BCUT2D eigenvalue weighted by Crippen LogP contribution is -2.25. The van der Waals surface area contributed by atoms with Crippen LogP contribution >= 0.6 is 0 Å². The van der Waals surface area contributed by atoms with Gasteiger partial charge in [-0.1, -0.05) is 12.1 Å². The average molecular weight is 418 g/mol. The van der Waals surface area contributed by atoms with Gasteiger partial charge in [0.2, 0.25) is 0 Å². The Kier molecular flexibility index (Phi) is 8.34. The molecule has 0 N–H and O–H groups in total. The maximum absolute atomic E-state index is 12.3. The first-order chi connectivity index (χ1) is 13.5. The second kappa shape index (κ2) is 10.3. The molecule has 1 heterocycles. The van der Waals surface area contributed by atoms with Crippen LogP contribution in [0.5, 0.6) is 5.75 Å². The highest BCUT2D eigenvalue weighted by atomic mass is 19.4. The zero-order valence-electron chi connectivity index (χ0n) is 17.1. The monoisotopic (exact) mass is 418 g/mol. The predicted molar refractivity (Wildman–Crippen MR) is 101 cm³/mol. The molecule has 8 heteroatoms. The third kappa shape index (κ3) is 9.99. The van der Waals surface area contributed by atoms with Crippen LogP contribution in [0.1, 0.15) is 50.7 Å². The van der Waals surface area contributed by atoms with Crippen molar-refractivity contribution in [2.75, 3.05) is 33.0 Å². The molecule has 1 saturated heterocycles. The molecule has 0 amide bonds. The molecular formula is C21H29F3O5. The molecule has 0 unspecified atom stereocenters. The van der Waals surface area contributed by atoms with Gasteiger partial charge in [-0.15, -0.1) is 0 Å². The first kappa shape index (κ1) is 23.5. The molecule has 0 atom stereocenters. The fourth-order valence-corrected chi connectivity index (χ4v) is 2.70. The summed E-state index contributed by atoms with van der Waals surface area (Å²) in [5, 5.41) is 0. The summed E-state index contributed by atoms with van der Waals surface area (Å²) in [4.78, 5) is 11.9. The molecule has 29 heavy (non-hydrogen) atoms. The maximum atomic E-state index is 12.3. The molecular weight excluding hydrogens is 389 g/mol. The van der Waals surface area contributed by atoms with Crippen molar-refractivity contribution in [2.24, 2.45) is 0 Å². The average Bonchev–Trinajstić information content (AvgIpc) is 3.45. The molecule has 0 spiro atoms. The minimum Gasteiger partial charge on any atom is -0.484 e. The van der Waals surface area contributed by atoms with Crippen LogP contribution in [0.2, 0.25) is 0 Å². The van der Waals surface area contributed by atoms with Gasteiger partial charge in [0.15, 0.2) is 6.61 Å². The molecule has 1 aromatic carbocycles. The summed E-state index contributed by atoms with van der Waals surface area (Å²) in [5.74, 6) is 0.109. The van der Waals surface area contributed by atoms with Gasteiger partial charge in [0, 0.05) is 0 Å². The molecule has 164 valence electrons. The molecule has 5 nitrogen and oxygen atoms in total. The Bertz CT molecular complexity index is 648. The molecule has 1 aromatic rings. The highest BCUT2D eigenvalue weighted by Gasteiger charge is 2.31. The Balaban J connectivity index is 0.000000426. The third-order valence-corrected chi connectivity index (χ3v) is 4.00. The number of rotatable bonds is 5. The highest BCUT2D eigenvalue weighted by molar-refractivity contribution is 5.73. The molecule has 0 radical (unpaired) electrons. The molecule has 0 bridgehead atoms. The lowest BCUT2D eigenvalue weighted by Gasteiger charge is -2.20. The van der Waals surface area contributed by atoms with Crippen LogP contribution in [0.25, 0.3) is 0 Å². The summed E-state index contributed by atoms with van der Waals surface area (Å²) >= 11 is 0. The molecule has 0 aromatic heterocycles. The highest BCUT2D eigenvalue weighted by Crippen LogP contribution is 2.45. The number of benzene rings is 1. The first-order valence-electron chi connectivity index (χ1n) is 9.73. The van der Waals surface area contributed by atoms with Crippen LogP contribution in [0.3, 0.4) is 0 Å². The fourth-order valence-electron chi connectivity index (χ4n) is 2.70. The van der Waals surface area contributed by atoms with Crippen LogP contribution in [0, 0.1) is 0 Å². The lowest BCUT2D eigenvalue weighted by atomic mass is 10.0. The lowest BCUT2D eigenvalue weighted by molar-refractivity contribution is -0.154. The van der Waals surface area contributed by atoms with Gasteiger partial charge in [-0.2, -0.15) is 13.2 Å². The van der Waals surface area contributed by atoms with Crippen molar-refractivity contribution in [1.82, 2.24) is 0 Å². The van der Waals surface area contributed by atoms with Crippen molar-refractivity contribution in [3.8, 4) is 5.75 Å². The third-order valence-electron chi connectivity index (χ3n) is 4.00. The van der Waals surface area contributed by atoms with Gasteiger partial charge in [0.25, 0.3) is 0 Å². The molecule has 2 aliphatic rings. The van der Waals surface area contributed by atoms with E-state index in [-0.39, 0.29) is 24.1 Å². The van der Waals surface area contributed by atoms with Crippen molar-refractivity contribution >= 4 is 5.97 Å². The zero-order chi connectivity index (χ0) is 21.5. The SMILES string of the molecule is C1COCCO1.CC(C)(C)OC(=O)Cc1ccc(OCC(F)(F)F)c(C2CC2)c1. The molecule has 2 fully saturated rings. The van der Waals surface area contributed by atoms with E-state index in [1.54, 1.807) is 32.9 Å². The first-order valence-corrected chi connectivity index (χ1v) is 9.73. The number of carbonyl (C=O) groups excluding carboxylic acids is 1. The van der Waals surface area contributed by atoms with E-state index in [0.717, 1.165) is 50.4 Å². The summed E-state index contributed by atoms with van der Waals surface area (Å²) in [7, 11) is 0. The van der Waals surface area contributed by atoms with Crippen molar-refractivity contribution in [3.05, 3.63) is 29.3 Å². The number of hydrogen-bond donors (Lipinski definition) is 0. The van der Waals surface area contributed by atoms with Gasteiger partial charge in [-0.25, -0.2) is 0 Å². The van der Waals surface area contributed by atoms with Crippen LogP contribution in [0.15, 0.2) is 18.2 Å². The van der Waals surface area contributed by atoms with Crippen LogP contribution in [-0.2, 0) is 25.4 Å². The second-order valence-corrected chi connectivity index (χ2v) is 8.04. The Morgan fingerprint density at radius 2 is 1.66 bits per heavy atom. The number of halogens is 3. The van der Waals surface area contributed by atoms with Crippen molar-refractivity contribution < 1.29 is 36.9 Å². The minimum atomic E-state index is -4.37. The summed E-state index contributed by atoms with van der Waals surface area (Å²) in [6, 6.07) is 4.88. The molecule has 1 saturated carbocycles. The van der Waals surface area contributed by atoms with Crippen LogP contribution < -0.4 is 4.74 Å². The Morgan fingerprint density at radius 1 is 1.07 bits per heavy atom. The number of ether oxygens (including phenoxy) is 4. The summed E-state index contributed by atoms with van der Waals surface area (Å²) in [6.45, 7) is 7.16. The minimum absolute atomic E-state index is 0.0938. The zero-order valence-corrected chi connectivity index (χ0v) is 17.1. The van der Waals surface area contributed by atoms with Crippen LogP contribution in [-0.4, -0.2) is 50.8 Å². The standard InChI is InChI=1S/C17H21F3O3.C4H8O2/c1-16(2,3)23-15(21)9-11-4-7-14(22-10-17(18,19)20)13(8-11)12-5-6-12;1-2-6-4-3-5-1/h4,7-8,12H,5-6,9-10H2,1-3H3;1-4H2. The second-order valence-electron chi connectivity index (χ2n) is 8.04. The van der Waals surface area contributed by atoms with Crippen molar-refractivity contribution in [2.45, 2.75) is 57.7 Å².